The van der Waals surface area contributed by atoms with Crippen molar-refractivity contribution in [1.82, 2.24) is 15.0 Å². The summed E-state index contributed by atoms with van der Waals surface area (Å²) in [7, 11) is 1.69. The first-order chi connectivity index (χ1) is 17.1. The van der Waals surface area contributed by atoms with Gasteiger partial charge in [-0.15, -0.1) is 0 Å². The van der Waals surface area contributed by atoms with Gasteiger partial charge in [-0.05, 0) is 41.8 Å². The molecule has 13 heteroatoms. The SMILES string of the molecule is COCCCOc1ccc2cc(-c3noc([C@@H]4CCCN4C(=N)N)n3)ccc2c1.O=C(O)C(F)(F)F. The number of guanidine groups is 1. The number of hydrogen-bond acceptors (Lipinski definition) is 7. The van der Waals surface area contributed by atoms with Crippen LogP contribution in [0.15, 0.2) is 40.9 Å². The number of carboxylic acids is 1. The van der Waals surface area contributed by atoms with Gasteiger partial charge in [-0.25, -0.2) is 4.79 Å². The zero-order valence-corrected chi connectivity index (χ0v) is 19.4. The Morgan fingerprint density at radius 2 is 1.94 bits per heavy atom. The molecule has 1 atom stereocenters. The molecule has 1 aliphatic rings. The van der Waals surface area contributed by atoms with E-state index in [4.69, 9.17) is 35.0 Å². The van der Waals surface area contributed by atoms with E-state index in [1.54, 1.807) is 12.0 Å². The van der Waals surface area contributed by atoms with Crippen molar-refractivity contribution in [2.45, 2.75) is 31.5 Å². The summed E-state index contributed by atoms with van der Waals surface area (Å²) in [5.74, 6) is -0.829. The number of nitrogens with two attached hydrogens (primary N) is 1. The number of nitrogens with zero attached hydrogens (tertiary/aromatic N) is 3. The molecule has 4 N–H and O–H groups in total. The number of halogens is 3. The summed E-state index contributed by atoms with van der Waals surface area (Å²) >= 11 is 0. The second-order valence-corrected chi connectivity index (χ2v) is 7.91. The molecule has 0 saturated carbocycles. The highest BCUT2D eigenvalue weighted by Crippen LogP contribution is 2.32. The molecule has 1 aromatic heterocycles. The number of carboxylic acid groups (broad SMARTS) is 1. The van der Waals surface area contributed by atoms with Crippen LogP contribution in [0.5, 0.6) is 5.75 Å². The third-order valence-corrected chi connectivity index (χ3v) is 5.36. The Labute approximate surface area is 204 Å². The van der Waals surface area contributed by atoms with Crippen molar-refractivity contribution in [1.29, 1.82) is 5.41 Å². The molecular weight excluding hydrogens is 483 g/mol. The Balaban J connectivity index is 0.000000454. The number of likely N-dealkylation sites (tertiary alicyclic amines) is 1. The zero-order chi connectivity index (χ0) is 26.3. The number of benzene rings is 2. The molecule has 1 saturated heterocycles. The van der Waals surface area contributed by atoms with E-state index in [1.807, 2.05) is 36.4 Å². The fourth-order valence-electron chi connectivity index (χ4n) is 3.65. The molecule has 2 aromatic carbocycles. The number of aromatic nitrogens is 2. The van der Waals surface area contributed by atoms with Crippen molar-refractivity contribution in [3.05, 3.63) is 42.3 Å². The van der Waals surface area contributed by atoms with Gasteiger partial charge in [-0.3, -0.25) is 5.41 Å². The lowest BCUT2D eigenvalue weighted by molar-refractivity contribution is -0.192. The zero-order valence-electron chi connectivity index (χ0n) is 19.4. The quantitative estimate of drug-likeness (QED) is 0.244. The standard InChI is InChI=1S/C21H25N5O3.C2HF3O2/c1-27-10-3-11-28-17-8-7-14-12-16(6-5-15(14)13-17)19-24-20(29-25-19)18-4-2-9-26(18)21(22)23;3-2(4,5)1(6)7/h5-8,12-13,18H,2-4,9-11H2,1H3,(H3,22,23);(H,6,7)/t18-;/m0./s1. The molecule has 0 radical (unpaired) electrons. The molecule has 0 amide bonds. The van der Waals surface area contributed by atoms with E-state index in [1.165, 1.54) is 0 Å². The van der Waals surface area contributed by atoms with Crippen molar-refractivity contribution in [2.75, 3.05) is 26.9 Å². The first kappa shape index (κ1) is 26.7. The third-order valence-electron chi connectivity index (χ3n) is 5.36. The Kier molecular flexibility index (Phi) is 8.69. The topological polar surface area (TPSA) is 148 Å². The molecule has 10 nitrogen and oxygen atoms in total. The van der Waals surface area contributed by atoms with E-state index >= 15 is 0 Å². The van der Waals surface area contributed by atoms with Crippen LogP contribution in [0.25, 0.3) is 22.2 Å². The van der Waals surface area contributed by atoms with Gasteiger partial charge < -0.3 is 29.7 Å². The number of rotatable bonds is 7. The highest BCUT2D eigenvalue weighted by Gasteiger charge is 2.38. The number of methoxy groups -OCH3 is 1. The van der Waals surface area contributed by atoms with Crippen LogP contribution in [0.2, 0.25) is 0 Å². The number of hydrogen-bond donors (Lipinski definition) is 3. The number of carbonyl (C=O) groups is 1. The summed E-state index contributed by atoms with van der Waals surface area (Å²) in [5, 5.41) is 21.1. The third kappa shape index (κ3) is 6.84. The molecule has 0 aliphatic carbocycles. The van der Waals surface area contributed by atoms with Gasteiger partial charge in [0.2, 0.25) is 11.7 Å². The van der Waals surface area contributed by atoms with Crippen LogP contribution in [0, 0.1) is 5.41 Å². The average Bonchev–Trinajstić information content (AvgIpc) is 3.51. The minimum atomic E-state index is -5.08. The van der Waals surface area contributed by atoms with Crippen molar-refractivity contribution in [3.8, 4) is 17.1 Å². The van der Waals surface area contributed by atoms with Crippen LogP contribution in [0.4, 0.5) is 13.2 Å². The lowest BCUT2D eigenvalue weighted by Crippen LogP contribution is -2.35. The van der Waals surface area contributed by atoms with Crippen molar-refractivity contribution in [3.63, 3.8) is 0 Å². The molecule has 1 fully saturated rings. The number of alkyl halides is 3. The average molecular weight is 509 g/mol. The van der Waals surface area contributed by atoms with Gasteiger partial charge in [0.25, 0.3) is 0 Å². The predicted octanol–water partition coefficient (Wildman–Crippen LogP) is 3.97. The number of ether oxygens (including phenoxy) is 2. The summed E-state index contributed by atoms with van der Waals surface area (Å²) in [6.07, 6.45) is -2.42. The fourth-order valence-corrected chi connectivity index (χ4v) is 3.65. The maximum Gasteiger partial charge on any atom is 0.490 e. The van der Waals surface area contributed by atoms with Crippen LogP contribution >= 0.6 is 0 Å². The number of fused-ring (bicyclic) bond motifs is 1. The van der Waals surface area contributed by atoms with Crippen molar-refractivity contribution in [2.24, 2.45) is 5.73 Å². The fraction of sp³-hybridized carbons (Fsp3) is 0.391. The van der Waals surface area contributed by atoms with Crippen LogP contribution < -0.4 is 10.5 Å². The van der Waals surface area contributed by atoms with Crippen molar-refractivity contribution < 1.29 is 37.1 Å². The van der Waals surface area contributed by atoms with Gasteiger partial charge in [-0.2, -0.15) is 18.2 Å². The maximum absolute atomic E-state index is 10.6. The molecular formula is C23H26F3N5O5. The van der Waals surface area contributed by atoms with Gasteiger partial charge in [0, 0.05) is 32.2 Å². The second kappa shape index (κ2) is 11.7. The van der Waals surface area contributed by atoms with Gasteiger partial charge >= 0.3 is 12.1 Å². The summed E-state index contributed by atoms with van der Waals surface area (Å²) in [4.78, 5) is 15.3. The molecule has 2 heterocycles. The van der Waals surface area contributed by atoms with Gasteiger partial charge in [-0.1, -0.05) is 23.4 Å². The lowest BCUT2D eigenvalue weighted by atomic mass is 10.1. The smallest absolute Gasteiger partial charge is 0.490 e. The van der Waals surface area contributed by atoms with Crippen LogP contribution in [0.1, 0.15) is 31.2 Å². The van der Waals surface area contributed by atoms with E-state index in [9.17, 15) is 13.2 Å². The van der Waals surface area contributed by atoms with Gasteiger partial charge in [0.1, 0.15) is 11.8 Å². The molecule has 3 aromatic rings. The first-order valence-electron chi connectivity index (χ1n) is 11.0. The minimum Gasteiger partial charge on any atom is -0.493 e. The van der Waals surface area contributed by atoms with E-state index in [2.05, 4.69) is 10.1 Å². The number of nitrogens with one attached hydrogen (secondary N) is 1. The predicted molar refractivity (Wildman–Crippen MR) is 124 cm³/mol. The summed E-state index contributed by atoms with van der Waals surface area (Å²) in [5.41, 5.74) is 6.55. The van der Waals surface area contributed by atoms with E-state index in [-0.39, 0.29) is 12.0 Å². The Morgan fingerprint density at radius 1 is 1.25 bits per heavy atom. The molecule has 36 heavy (non-hydrogen) atoms. The minimum absolute atomic E-state index is 0.0400. The van der Waals surface area contributed by atoms with Crippen LogP contribution in [-0.2, 0) is 9.53 Å². The maximum atomic E-state index is 10.6. The summed E-state index contributed by atoms with van der Waals surface area (Å²) < 4.78 is 48.0. The van der Waals surface area contributed by atoms with E-state index in [0.29, 0.717) is 24.9 Å². The molecule has 0 unspecified atom stereocenters. The molecule has 0 bridgehead atoms. The second-order valence-electron chi connectivity index (χ2n) is 7.91. The Hall–Kier alpha value is -3.87. The van der Waals surface area contributed by atoms with E-state index in [0.717, 1.165) is 47.9 Å². The van der Waals surface area contributed by atoms with Gasteiger partial charge in [0.05, 0.1) is 6.61 Å². The Morgan fingerprint density at radius 3 is 2.61 bits per heavy atom. The molecule has 1 aliphatic heterocycles. The van der Waals surface area contributed by atoms with Crippen LogP contribution in [-0.4, -0.2) is 65.1 Å². The first-order valence-corrected chi connectivity index (χ1v) is 11.0. The Bertz CT molecular complexity index is 1200. The molecule has 194 valence electrons. The normalized spacial score (nSPS) is 15.4. The van der Waals surface area contributed by atoms with Crippen LogP contribution in [0.3, 0.4) is 0 Å². The highest BCUT2D eigenvalue weighted by atomic mass is 19.4. The molecule has 0 spiro atoms. The van der Waals surface area contributed by atoms with Gasteiger partial charge in [0.15, 0.2) is 5.96 Å². The van der Waals surface area contributed by atoms with Crippen molar-refractivity contribution >= 4 is 22.7 Å². The highest BCUT2D eigenvalue weighted by molar-refractivity contribution is 5.87. The lowest BCUT2D eigenvalue weighted by Gasteiger charge is -2.21. The molecule has 4 rings (SSSR count). The summed E-state index contributed by atoms with van der Waals surface area (Å²) in [6.45, 7) is 2.06. The monoisotopic (exact) mass is 509 g/mol. The van der Waals surface area contributed by atoms with E-state index < -0.39 is 12.1 Å². The number of aliphatic carboxylic acids is 1. The largest absolute Gasteiger partial charge is 0.493 e. The summed E-state index contributed by atoms with van der Waals surface area (Å²) in [6, 6.07) is 11.9.